The largest absolute Gasteiger partial charge is 0.444 e. The molecule has 0 aromatic carbocycles. The van der Waals surface area contributed by atoms with Gasteiger partial charge in [0, 0.05) is 45.3 Å². The van der Waals surface area contributed by atoms with Gasteiger partial charge in [-0.2, -0.15) is 0 Å². The van der Waals surface area contributed by atoms with E-state index in [9.17, 15) is 19.5 Å². The molecule has 4 bridgehead atoms. The number of urea groups is 1. The molecule has 196 valence electrons. The molecule has 2 heterocycles. The summed E-state index contributed by atoms with van der Waals surface area (Å²) < 4.78 is 5.45. The van der Waals surface area contributed by atoms with Gasteiger partial charge in [-0.15, -0.1) is 0 Å². The Kier molecular flexibility index (Phi) is 6.43. The number of aliphatic hydroxyl groups is 1. The molecule has 35 heavy (non-hydrogen) atoms. The lowest BCUT2D eigenvalue weighted by Gasteiger charge is -2.58. The first kappa shape index (κ1) is 24.7. The van der Waals surface area contributed by atoms with Crippen LogP contribution in [0.5, 0.6) is 0 Å². The lowest BCUT2D eigenvalue weighted by Crippen LogP contribution is -2.61. The highest BCUT2D eigenvalue weighted by atomic mass is 16.6. The predicted octanol–water partition coefficient (Wildman–Crippen LogP) is 2.43. The number of carbonyl (C=O) groups excluding carboxylic acids is 3. The fourth-order valence-electron chi connectivity index (χ4n) is 7.49. The zero-order chi connectivity index (χ0) is 25.0. The molecule has 6 aliphatic rings. The quantitative estimate of drug-likeness (QED) is 0.619. The lowest BCUT2D eigenvalue weighted by molar-refractivity contribution is -0.163. The van der Waals surface area contributed by atoms with Gasteiger partial charge in [-0.3, -0.25) is 4.79 Å². The van der Waals surface area contributed by atoms with Gasteiger partial charge in [0.05, 0.1) is 11.5 Å². The first-order valence-electron chi connectivity index (χ1n) is 13.5. The number of rotatable bonds is 2. The molecule has 2 N–H and O–H groups in total. The number of nitrogens with one attached hydrogen (secondary N) is 1. The van der Waals surface area contributed by atoms with Crippen molar-refractivity contribution >= 4 is 18.0 Å². The number of ether oxygens (including phenoxy) is 1. The molecule has 6 fully saturated rings. The zero-order valence-corrected chi connectivity index (χ0v) is 21.5. The number of amides is 4. The van der Waals surface area contributed by atoms with Gasteiger partial charge in [0.1, 0.15) is 5.60 Å². The van der Waals surface area contributed by atoms with Crippen LogP contribution in [0.2, 0.25) is 0 Å². The first-order valence-corrected chi connectivity index (χ1v) is 13.5. The van der Waals surface area contributed by atoms with Crippen LogP contribution in [0.3, 0.4) is 0 Å². The van der Waals surface area contributed by atoms with Crippen LogP contribution in [-0.4, -0.2) is 94.9 Å². The Balaban J connectivity index is 1.13. The number of nitrogens with zero attached hydrogens (tertiary/aromatic N) is 3. The molecule has 4 aliphatic carbocycles. The van der Waals surface area contributed by atoms with Crippen molar-refractivity contribution in [2.24, 2.45) is 23.2 Å². The van der Waals surface area contributed by atoms with Crippen molar-refractivity contribution in [3.63, 3.8) is 0 Å². The molecule has 6 atom stereocenters. The summed E-state index contributed by atoms with van der Waals surface area (Å²) in [4.78, 5) is 44.4. The van der Waals surface area contributed by atoms with Gasteiger partial charge in [-0.25, -0.2) is 9.59 Å². The van der Waals surface area contributed by atoms with Crippen LogP contribution in [-0.2, 0) is 9.53 Å². The maximum atomic E-state index is 13.5. The molecule has 9 nitrogen and oxygen atoms in total. The Morgan fingerprint density at radius 1 is 0.914 bits per heavy atom. The maximum absolute atomic E-state index is 13.5. The smallest absolute Gasteiger partial charge is 0.410 e. The van der Waals surface area contributed by atoms with Crippen LogP contribution in [0.1, 0.15) is 65.7 Å². The van der Waals surface area contributed by atoms with E-state index in [4.69, 9.17) is 4.74 Å². The van der Waals surface area contributed by atoms with E-state index in [0.29, 0.717) is 45.2 Å². The van der Waals surface area contributed by atoms with Crippen molar-refractivity contribution in [2.75, 3.05) is 39.3 Å². The molecule has 4 saturated carbocycles. The summed E-state index contributed by atoms with van der Waals surface area (Å²) in [5.74, 6) is 1.27. The molecule has 4 unspecified atom stereocenters. The molecule has 6 rings (SSSR count). The van der Waals surface area contributed by atoms with Crippen molar-refractivity contribution in [1.29, 1.82) is 0 Å². The van der Waals surface area contributed by atoms with Gasteiger partial charge in [0.15, 0.2) is 0 Å². The third-order valence-corrected chi connectivity index (χ3v) is 8.93. The van der Waals surface area contributed by atoms with Crippen molar-refractivity contribution in [2.45, 2.75) is 83.5 Å². The summed E-state index contributed by atoms with van der Waals surface area (Å²) in [7, 11) is 0. The monoisotopic (exact) mass is 490 g/mol. The van der Waals surface area contributed by atoms with Crippen LogP contribution in [0, 0.1) is 23.2 Å². The normalized spacial score (nSPS) is 36.8. The molecule has 2 saturated heterocycles. The number of hydrogen-bond acceptors (Lipinski definition) is 5. The summed E-state index contributed by atoms with van der Waals surface area (Å²) in [6, 6.07) is -0.0353. The average molecular weight is 491 g/mol. The molecular weight excluding hydrogens is 448 g/mol. The van der Waals surface area contributed by atoms with Crippen molar-refractivity contribution in [3.05, 3.63) is 0 Å². The van der Waals surface area contributed by atoms with Crippen LogP contribution < -0.4 is 5.32 Å². The van der Waals surface area contributed by atoms with Crippen LogP contribution in [0.4, 0.5) is 9.59 Å². The van der Waals surface area contributed by atoms with Crippen molar-refractivity contribution < 1.29 is 24.2 Å². The molecule has 0 aromatic rings. The topological polar surface area (TPSA) is 102 Å². The summed E-state index contributed by atoms with van der Waals surface area (Å²) >= 11 is 0. The third kappa shape index (κ3) is 4.98. The maximum Gasteiger partial charge on any atom is 0.410 e. The Labute approximate surface area is 208 Å². The van der Waals surface area contributed by atoms with E-state index >= 15 is 0 Å². The minimum Gasteiger partial charge on any atom is -0.444 e. The van der Waals surface area contributed by atoms with Gasteiger partial charge in [-0.05, 0) is 83.5 Å². The van der Waals surface area contributed by atoms with Crippen molar-refractivity contribution in [1.82, 2.24) is 20.0 Å². The van der Waals surface area contributed by atoms with E-state index in [1.807, 2.05) is 30.6 Å². The highest BCUT2D eigenvalue weighted by Crippen LogP contribution is 2.60. The molecule has 0 radical (unpaired) electrons. The molecule has 2 aliphatic heterocycles. The molecule has 4 amide bonds. The second kappa shape index (κ2) is 9.12. The molecule has 0 spiro atoms. The third-order valence-electron chi connectivity index (χ3n) is 8.93. The standard InChI is InChI=1S/C26H42N4O5/c1-25(2,3)35-24(34)29-9-7-28(8-10-29)23(33)30-6-4-5-20(16-30)27-22(32)26-13-17-11-18(14-26)21(31)19(12-17)15-26/h17-21,31H,4-16H2,1-3H3,(H,27,32)/t17?,18-,19?,20+,21?,26?/m1/s1. The van der Waals surface area contributed by atoms with Gasteiger partial charge in [0.2, 0.25) is 5.91 Å². The van der Waals surface area contributed by atoms with Crippen LogP contribution in [0.15, 0.2) is 0 Å². The van der Waals surface area contributed by atoms with Crippen LogP contribution >= 0.6 is 0 Å². The SMILES string of the molecule is CC(C)(C)OC(=O)N1CCN(C(=O)N2CCC[C@H](NC(=O)C34CC5CC(C3)C(O)[C@H](C5)C4)C2)CC1. The number of carbonyl (C=O) groups is 3. The Morgan fingerprint density at radius 3 is 2.17 bits per heavy atom. The summed E-state index contributed by atoms with van der Waals surface area (Å²) in [5.41, 5.74) is -0.854. The lowest BCUT2D eigenvalue weighted by atomic mass is 9.48. The van der Waals surface area contributed by atoms with E-state index in [1.165, 1.54) is 0 Å². The molecular formula is C26H42N4O5. The van der Waals surface area contributed by atoms with Gasteiger partial charge >= 0.3 is 12.1 Å². The van der Waals surface area contributed by atoms with E-state index in [-0.39, 0.29) is 47.4 Å². The fourth-order valence-corrected chi connectivity index (χ4v) is 7.49. The van der Waals surface area contributed by atoms with Crippen LogP contribution in [0.25, 0.3) is 0 Å². The number of likely N-dealkylation sites (tertiary alicyclic amines) is 1. The minimum absolute atomic E-state index is 0.00860. The highest BCUT2D eigenvalue weighted by Gasteiger charge is 2.58. The van der Waals surface area contributed by atoms with Gasteiger partial charge in [-0.1, -0.05) is 0 Å². The number of hydrogen-bond donors (Lipinski definition) is 2. The Bertz CT molecular complexity index is 833. The van der Waals surface area contributed by atoms with E-state index < -0.39 is 5.60 Å². The van der Waals surface area contributed by atoms with E-state index in [1.54, 1.807) is 4.90 Å². The fraction of sp³-hybridized carbons (Fsp3) is 0.885. The summed E-state index contributed by atoms with van der Waals surface area (Å²) in [6.07, 6.45) is 5.91. The number of piperazine rings is 1. The Hall–Kier alpha value is -2.03. The van der Waals surface area contributed by atoms with Gasteiger partial charge < -0.3 is 29.9 Å². The number of piperidine rings is 1. The summed E-state index contributed by atoms with van der Waals surface area (Å²) in [5, 5.41) is 13.9. The second-order valence-corrected chi connectivity index (χ2v) is 12.7. The number of aliphatic hydroxyl groups excluding tert-OH is 1. The van der Waals surface area contributed by atoms with E-state index in [0.717, 1.165) is 44.9 Å². The average Bonchev–Trinajstić information content (AvgIpc) is 2.80. The zero-order valence-electron chi connectivity index (χ0n) is 21.5. The van der Waals surface area contributed by atoms with E-state index in [2.05, 4.69) is 5.32 Å². The highest BCUT2D eigenvalue weighted by molar-refractivity contribution is 5.83. The predicted molar refractivity (Wildman–Crippen MR) is 130 cm³/mol. The minimum atomic E-state index is -0.534. The second-order valence-electron chi connectivity index (χ2n) is 12.7. The first-order chi connectivity index (χ1) is 16.5. The molecule has 0 aromatic heterocycles. The Morgan fingerprint density at radius 2 is 1.54 bits per heavy atom. The molecule has 9 heteroatoms. The summed E-state index contributed by atoms with van der Waals surface area (Å²) in [6.45, 7) is 8.68. The van der Waals surface area contributed by atoms with Crippen molar-refractivity contribution in [3.8, 4) is 0 Å². The van der Waals surface area contributed by atoms with Gasteiger partial charge in [0.25, 0.3) is 0 Å².